The predicted octanol–water partition coefficient (Wildman–Crippen LogP) is 15.2. The molecule has 12 nitrogen and oxygen atoms in total. The average molecular weight is 1070 g/mol. The minimum atomic E-state index is -5.07. The molecule has 432 valence electrons. The first kappa shape index (κ1) is 69.8. The maximum atomic E-state index is 13.0. The summed E-state index contributed by atoms with van der Waals surface area (Å²) in [7, 11) is -5.07. The van der Waals surface area contributed by atoms with Crippen molar-refractivity contribution in [1.82, 2.24) is 0 Å². The minimum Gasteiger partial charge on any atom is -0.457 e. The number of unbranched alkanes of at least 4 members (excludes halogenated alkanes) is 30. The van der Waals surface area contributed by atoms with Crippen LogP contribution in [0.5, 0.6) is 0 Å². The van der Waals surface area contributed by atoms with Gasteiger partial charge in [-0.15, -0.1) is 0 Å². The maximum absolute atomic E-state index is 13.0. The molecule has 1 aliphatic rings. The Kier molecular flexibility index (Phi) is 48.6. The lowest BCUT2D eigenvalue weighted by atomic mass is 9.99. The van der Waals surface area contributed by atoms with E-state index in [1.807, 2.05) is 0 Å². The molecule has 13 heteroatoms. The van der Waals surface area contributed by atoms with E-state index < -0.39 is 59.8 Å². The summed E-state index contributed by atoms with van der Waals surface area (Å²) < 4.78 is 59.5. The first-order chi connectivity index (χ1) is 36.1. The van der Waals surface area contributed by atoms with E-state index in [1.54, 1.807) is 0 Å². The van der Waals surface area contributed by atoms with Crippen LogP contribution < -0.4 is 0 Å². The second-order valence-corrected chi connectivity index (χ2v) is 21.6. The van der Waals surface area contributed by atoms with Gasteiger partial charge in [0.15, 0.2) is 6.29 Å². The summed E-state index contributed by atoms with van der Waals surface area (Å²) in [5, 5.41) is 30.9. The highest BCUT2D eigenvalue weighted by atomic mass is 32.3. The first-order valence-corrected chi connectivity index (χ1v) is 31.4. The Morgan fingerprint density at radius 2 is 0.932 bits per heavy atom. The second kappa shape index (κ2) is 51.6. The van der Waals surface area contributed by atoms with Crippen LogP contribution in [0.15, 0.2) is 60.8 Å². The van der Waals surface area contributed by atoms with Crippen molar-refractivity contribution in [3.05, 3.63) is 60.8 Å². The highest BCUT2D eigenvalue weighted by Crippen LogP contribution is 2.26. The van der Waals surface area contributed by atoms with Crippen molar-refractivity contribution in [2.75, 3.05) is 26.4 Å². The average Bonchev–Trinajstić information content (AvgIpc) is 3.38. The molecule has 4 N–H and O–H groups in total. The number of rotatable bonds is 53. The predicted molar refractivity (Wildman–Crippen MR) is 303 cm³/mol. The zero-order chi connectivity index (χ0) is 53.8. The number of carbonyl (C=O) groups is 1. The van der Waals surface area contributed by atoms with Gasteiger partial charge < -0.3 is 34.3 Å². The molecule has 1 saturated heterocycles. The SMILES string of the molecule is CC/C=C\C/C=C\C/C=C\C/C=C\C/C=C\CCCCCCCCCCCC(=O)OC(COCCCCCCCCCCCCCCCCCCCCCCCC)COC1OC(CO)C(O)C(OS(=O)(=O)O)C1O. The van der Waals surface area contributed by atoms with Gasteiger partial charge in [-0.05, 0) is 57.8 Å². The Bertz CT molecular complexity index is 1510. The molecular formula is C61H110O12S. The van der Waals surface area contributed by atoms with Gasteiger partial charge in [-0.3, -0.25) is 9.35 Å². The summed E-state index contributed by atoms with van der Waals surface area (Å²) >= 11 is 0. The van der Waals surface area contributed by atoms with Crippen molar-refractivity contribution in [3.63, 3.8) is 0 Å². The Balaban J connectivity index is 2.28. The van der Waals surface area contributed by atoms with E-state index in [-0.39, 0.29) is 19.6 Å². The zero-order valence-electron chi connectivity index (χ0n) is 46.9. The summed E-state index contributed by atoms with van der Waals surface area (Å²) in [6.45, 7) is 3.92. The molecule has 0 aliphatic carbocycles. The molecule has 0 aromatic carbocycles. The van der Waals surface area contributed by atoms with Crippen LogP contribution in [0.25, 0.3) is 0 Å². The van der Waals surface area contributed by atoms with Crippen molar-refractivity contribution in [2.24, 2.45) is 0 Å². The van der Waals surface area contributed by atoms with Gasteiger partial charge in [0.05, 0.1) is 19.8 Å². The summed E-state index contributed by atoms with van der Waals surface area (Å²) in [6.07, 6.45) is 58.3. The van der Waals surface area contributed by atoms with E-state index in [4.69, 9.17) is 18.9 Å². The Morgan fingerprint density at radius 3 is 1.36 bits per heavy atom. The van der Waals surface area contributed by atoms with E-state index in [1.165, 1.54) is 154 Å². The molecule has 0 aromatic rings. The number of aliphatic hydroxyl groups is 3. The van der Waals surface area contributed by atoms with Crippen LogP contribution in [0.2, 0.25) is 0 Å². The monoisotopic (exact) mass is 1070 g/mol. The van der Waals surface area contributed by atoms with Gasteiger partial charge in [0.25, 0.3) is 0 Å². The van der Waals surface area contributed by atoms with Gasteiger partial charge in [0.2, 0.25) is 0 Å². The van der Waals surface area contributed by atoms with Crippen molar-refractivity contribution in [3.8, 4) is 0 Å². The van der Waals surface area contributed by atoms with E-state index in [0.717, 1.165) is 77.0 Å². The molecule has 74 heavy (non-hydrogen) atoms. The lowest BCUT2D eigenvalue weighted by Gasteiger charge is -2.41. The number of carbonyl (C=O) groups excluding carboxylic acids is 1. The third-order valence-electron chi connectivity index (χ3n) is 13.7. The van der Waals surface area contributed by atoms with Crippen LogP contribution in [0.4, 0.5) is 0 Å². The molecule has 0 aromatic heterocycles. The molecule has 0 amide bonds. The fourth-order valence-electron chi connectivity index (χ4n) is 9.17. The van der Waals surface area contributed by atoms with E-state index in [9.17, 15) is 33.1 Å². The largest absolute Gasteiger partial charge is 0.457 e. The molecule has 6 atom stereocenters. The number of aliphatic hydroxyl groups excluding tert-OH is 3. The molecule has 0 spiro atoms. The van der Waals surface area contributed by atoms with E-state index >= 15 is 0 Å². The van der Waals surface area contributed by atoms with Gasteiger partial charge in [-0.2, -0.15) is 8.42 Å². The van der Waals surface area contributed by atoms with Crippen LogP contribution in [-0.4, -0.2) is 97.5 Å². The summed E-state index contributed by atoms with van der Waals surface area (Å²) in [4.78, 5) is 13.0. The van der Waals surface area contributed by atoms with Crippen LogP contribution in [-0.2, 0) is 38.3 Å². The van der Waals surface area contributed by atoms with Gasteiger partial charge in [0, 0.05) is 13.0 Å². The standard InChI is InChI=1S/C61H110O12S/c1-3-5-7-9-11-13-15-17-19-21-23-25-27-28-29-30-32-34-36-38-40-42-44-46-48-50-57(63)71-55(54-70-61-59(65)60(73-74(66,67)68)58(64)56(52-62)72-61)53-69-51-49-47-45-43-41-39-37-35-33-31-26-24-22-20-18-16-14-12-10-8-6-4-2/h5,7,11,13,17,19,23,25,28-29,55-56,58-62,64-65H,3-4,6,8-10,12,14-16,18,20-22,24,26-27,30-54H2,1-2H3,(H,66,67,68)/b7-5-,13-11-,19-17-,25-23-,29-28-. The quantitative estimate of drug-likeness (QED) is 0.0196. The molecule has 1 fully saturated rings. The van der Waals surface area contributed by atoms with Gasteiger partial charge in [-0.1, -0.05) is 254 Å². The number of allylic oxidation sites excluding steroid dienone is 10. The highest BCUT2D eigenvalue weighted by Gasteiger charge is 2.48. The topological polar surface area (TPSA) is 178 Å². The summed E-state index contributed by atoms with van der Waals surface area (Å²) in [5.41, 5.74) is 0. The zero-order valence-corrected chi connectivity index (χ0v) is 47.7. The third kappa shape index (κ3) is 43.9. The highest BCUT2D eigenvalue weighted by molar-refractivity contribution is 7.80. The van der Waals surface area contributed by atoms with Gasteiger partial charge in [0.1, 0.15) is 30.5 Å². The summed E-state index contributed by atoms with van der Waals surface area (Å²) in [5.74, 6) is -0.402. The molecule has 6 unspecified atom stereocenters. The lowest BCUT2D eigenvalue weighted by Crippen LogP contribution is -2.60. The Labute approximate surface area is 452 Å². The Hall–Kier alpha value is -2.20. The van der Waals surface area contributed by atoms with Gasteiger partial charge >= 0.3 is 16.4 Å². The molecule has 1 aliphatic heterocycles. The van der Waals surface area contributed by atoms with Crippen LogP contribution in [0.1, 0.15) is 258 Å². The number of hydrogen-bond donors (Lipinski definition) is 4. The second-order valence-electron chi connectivity index (χ2n) is 20.6. The normalized spacial score (nSPS) is 19.1. The van der Waals surface area contributed by atoms with Crippen molar-refractivity contribution in [1.29, 1.82) is 0 Å². The fourth-order valence-corrected chi connectivity index (χ4v) is 9.68. The van der Waals surface area contributed by atoms with Crippen LogP contribution in [0, 0.1) is 0 Å². The molecular weight excluding hydrogens is 957 g/mol. The van der Waals surface area contributed by atoms with Crippen LogP contribution >= 0.6 is 0 Å². The van der Waals surface area contributed by atoms with Crippen molar-refractivity contribution in [2.45, 2.75) is 295 Å². The molecule has 1 rings (SSSR count). The fraction of sp³-hybridized carbons (Fsp3) is 0.820. The van der Waals surface area contributed by atoms with Crippen LogP contribution in [0.3, 0.4) is 0 Å². The number of hydrogen-bond acceptors (Lipinski definition) is 11. The van der Waals surface area contributed by atoms with Crippen molar-refractivity contribution >= 4 is 16.4 Å². The maximum Gasteiger partial charge on any atom is 0.397 e. The van der Waals surface area contributed by atoms with E-state index in [2.05, 4.69) is 78.8 Å². The number of ether oxygens (including phenoxy) is 4. The molecule has 0 radical (unpaired) electrons. The van der Waals surface area contributed by atoms with Crippen molar-refractivity contribution < 1.29 is 56.2 Å². The third-order valence-corrected chi connectivity index (χ3v) is 14.1. The Morgan fingerprint density at radius 1 is 0.527 bits per heavy atom. The van der Waals surface area contributed by atoms with Gasteiger partial charge in [-0.25, -0.2) is 4.18 Å². The molecule has 0 saturated carbocycles. The lowest BCUT2D eigenvalue weighted by molar-refractivity contribution is -0.301. The first-order valence-electron chi connectivity index (χ1n) is 30.0. The minimum absolute atomic E-state index is 0.0349. The van der Waals surface area contributed by atoms with E-state index in [0.29, 0.717) is 13.0 Å². The number of esters is 1. The molecule has 1 heterocycles. The summed E-state index contributed by atoms with van der Waals surface area (Å²) in [6, 6.07) is 0. The molecule has 0 bridgehead atoms. The smallest absolute Gasteiger partial charge is 0.397 e.